The van der Waals surface area contributed by atoms with E-state index in [2.05, 4.69) is 39.0 Å². The highest BCUT2D eigenvalue weighted by Gasteiger charge is 2.19. The highest BCUT2D eigenvalue weighted by molar-refractivity contribution is 5.36. The molecule has 1 aliphatic carbocycles. The SMILES string of the molecule is Cc1cc(OC2CCC(N)CC2)ccc1C(C)C. The van der Waals surface area contributed by atoms with Crippen LogP contribution in [0.1, 0.15) is 56.6 Å². The summed E-state index contributed by atoms with van der Waals surface area (Å²) in [5.74, 6) is 1.59. The predicted molar refractivity (Wildman–Crippen MR) is 76.1 cm³/mol. The maximum atomic E-state index is 6.06. The third kappa shape index (κ3) is 3.26. The molecule has 0 unspecified atom stereocenters. The van der Waals surface area contributed by atoms with Crippen molar-refractivity contribution in [2.75, 3.05) is 0 Å². The smallest absolute Gasteiger partial charge is 0.119 e. The number of hydrogen-bond acceptors (Lipinski definition) is 2. The monoisotopic (exact) mass is 247 g/mol. The Labute approximate surface area is 111 Å². The van der Waals surface area contributed by atoms with Gasteiger partial charge in [-0.2, -0.15) is 0 Å². The molecule has 1 aliphatic rings. The van der Waals surface area contributed by atoms with Crippen LogP contribution >= 0.6 is 0 Å². The van der Waals surface area contributed by atoms with Crippen LogP contribution in [0, 0.1) is 6.92 Å². The third-order valence-electron chi connectivity index (χ3n) is 3.88. The fraction of sp³-hybridized carbons (Fsp3) is 0.625. The van der Waals surface area contributed by atoms with Crippen molar-refractivity contribution in [2.45, 2.75) is 64.5 Å². The topological polar surface area (TPSA) is 35.2 Å². The van der Waals surface area contributed by atoms with E-state index in [1.807, 2.05) is 0 Å². The van der Waals surface area contributed by atoms with Crippen molar-refractivity contribution in [3.8, 4) is 5.75 Å². The van der Waals surface area contributed by atoms with Crippen LogP contribution < -0.4 is 10.5 Å². The minimum atomic E-state index is 0.356. The Bertz CT molecular complexity index is 392. The first-order valence-corrected chi connectivity index (χ1v) is 7.09. The average Bonchev–Trinajstić information content (AvgIpc) is 2.32. The fourth-order valence-electron chi connectivity index (χ4n) is 2.77. The van der Waals surface area contributed by atoms with E-state index in [-0.39, 0.29) is 0 Å². The first-order valence-electron chi connectivity index (χ1n) is 7.09. The lowest BCUT2D eigenvalue weighted by Crippen LogP contribution is -2.31. The van der Waals surface area contributed by atoms with Crippen LogP contribution in [-0.2, 0) is 0 Å². The molecule has 2 nitrogen and oxygen atoms in total. The van der Waals surface area contributed by atoms with Gasteiger partial charge in [0.05, 0.1) is 6.10 Å². The van der Waals surface area contributed by atoms with Crippen LogP contribution in [0.3, 0.4) is 0 Å². The molecule has 0 atom stereocenters. The van der Waals surface area contributed by atoms with Gasteiger partial charge in [0, 0.05) is 6.04 Å². The van der Waals surface area contributed by atoms with Gasteiger partial charge < -0.3 is 10.5 Å². The molecule has 100 valence electrons. The Morgan fingerprint density at radius 3 is 2.39 bits per heavy atom. The molecule has 0 bridgehead atoms. The van der Waals surface area contributed by atoms with E-state index in [0.29, 0.717) is 18.1 Å². The summed E-state index contributed by atoms with van der Waals surface area (Å²) in [6.07, 6.45) is 4.72. The minimum absolute atomic E-state index is 0.356. The number of ether oxygens (including phenoxy) is 1. The van der Waals surface area contributed by atoms with Crippen molar-refractivity contribution in [2.24, 2.45) is 5.73 Å². The van der Waals surface area contributed by atoms with Crippen molar-refractivity contribution in [3.05, 3.63) is 29.3 Å². The van der Waals surface area contributed by atoms with Crippen LogP contribution in [0.15, 0.2) is 18.2 Å². The van der Waals surface area contributed by atoms with Gasteiger partial charge in [-0.3, -0.25) is 0 Å². The molecule has 1 aromatic rings. The zero-order valence-corrected chi connectivity index (χ0v) is 11.8. The maximum Gasteiger partial charge on any atom is 0.119 e. The Morgan fingerprint density at radius 2 is 1.83 bits per heavy atom. The largest absolute Gasteiger partial charge is 0.490 e. The van der Waals surface area contributed by atoms with Gasteiger partial charge in [0.15, 0.2) is 0 Å². The van der Waals surface area contributed by atoms with E-state index >= 15 is 0 Å². The van der Waals surface area contributed by atoms with Gasteiger partial charge >= 0.3 is 0 Å². The standard InChI is InChI=1S/C16H25NO/c1-11(2)16-9-8-15(10-12(16)3)18-14-6-4-13(17)5-7-14/h8-11,13-14H,4-7,17H2,1-3H3. The van der Waals surface area contributed by atoms with Crippen LogP contribution in [-0.4, -0.2) is 12.1 Å². The molecule has 0 amide bonds. The van der Waals surface area contributed by atoms with Crippen molar-refractivity contribution in [1.29, 1.82) is 0 Å². The molecule has 0 saturated heterocycles. The summed E-state index contributed by atoms with van der Waals surface area (Å²) < 4.78 is 6.06. The lowest BCUT2D eigenvalue weighted by Gasteiger charge is -2.27. The summed E-state index contributed by atoms with van der Waals surface area (Å²) >= 11 is 0. The van der Waals surface area contributed by atoms with Gasteiger partial charge in [-0.05, 0) is 61.8 Å². The van der Waals surface area contributed by atoms with Gasteiger partial charge in [-0.15, -0.1) is 0 Å². The van der Waals surface area contributed by atoms with E-state index in [0.717, 1.165) is 31.4 Å². The molecule has 1 aromatic carbocycles. The Morgan fingerprint density at radius 1 is 1.17 bits per heavy atom. The second kappa shape index (κ2) is 5.75. The molecular weight excluding hydrogens is 222 g/mol. The van der Waals surface area contributed by atoms with Crippen LogP contribution in [0.5, 0.6) is 5.75 Å². The molecule has 0 aliphatic heterocycles. The van der Waals surface area contributed by atoms with Crippen LogP contribution in [0.25, 0.3) is 0 Å². The van der Waals surface area contributed by atoms with Crippen LogP contribution in [0.2, 0.25) is 0 Å². The maximum absolute atomic E-state index is 6.06. The summed E-state index contributed by atoms with van der Waals surface area (Å²) in [6.45, 7) is 6.62. The van der Waals surface area contributed by atoms with E-state index in [4.69, 9.17) is 10.5 Å². The molecule has 0 heterocycles. The normalized spacial score (nSPS) is 24.3. The van der Waals surface area contributed by atoms with Gasteiger partial charge in [0.25, 0.3) is 0 Å². The third-order valence-corrected chi connectivity index (χ3v) is 3.88. The lowest BCUT2D eigenvalue weighted by molar-refractivity contribution is 0.147. The Hall–Kier alpha value is -1.02. The molecule has 2 rings (SSSR count). The Balaban J connectivity index is 2.00. The zero-order chi connectivity index (χ0) is 13.1. The second-order valence-electron chi connectivity index (χ2n) is 5.83. The molecule has 0 spiro atoms. The molecule has 1 saturated carbocycles. The van der Waals surface area contributed by atoms with Crippen LogP contribution in [0.4, 0.5) is 0 Å². The minimum Gasteiger partial charge on any atom is -0.490 e. The molecular formula is C16H25NO. The van der Waals surface area contributed by atoms with Gasteiger partial charge in [0.1, 0.15) is 5.75 Å². The molecule has 2 heteroatoms. The predicted octanol–water partition coefficient (Wildman–Crippen LogP) is 3.77. The summed E-state index contributed by atoms with van der Waals surface area (Å²) in [6, 6.07) is 6.86. The summed E-state index contributed by atoms with van der Waals surface area (Å²) in [7, 11) is 0. The van der Waals surface area contributed by atoms with Gasteiger partial charge in [-0.1, -0.05) is 19.9 Å². The number of aryl methyl sites for hydroxylation is 1. The van der Waals surface area contributed by atoms with Crippen molar-refractivity contribution >= 4 is 0 Å². The quantitative estimate of drug-likeness (QED) is 0.882. The molecule has 18 heavy (non-hydrogen) atoms. The van der Waals surface area contributed by atoms with Crippen molar-refractivity contribution in [1.82, 2.24) is 0 Å². The highest BCUT2D eigenvalue weighted by Crippen LogP contribution is 2.27. The average molecular weight is 247 g/mol. The zero-order valence-electron chi connectivity index (χ0n) is 11.8. The number of hydrogen-bond donors (Lipinski definition) is 1. The molecule has 1 fully saturated rings. The fourth-order valence-corrected chi connectivity index (χ4v) is 2.77. The molecule has 2 N–H and O–H groups in total. The molecule has 0 aromatic heterocycles. The number of rotatable bonds is 3. The summed E-state index contributed by atoms with van der Waals surface area (Å²) in [5, 5.41) is 0. The Kier molecular flexibility index (Phi) is 4.28. The second-order valence-corrected chi connectivity index (χ2v) is 5.83. The number of nitrogens with two attached hydrogens (primary N) is 1. The first kappa shape index (κ1) is 13.4. The van der Waals surface area contributed by atoms with E-state index in [9.17, 15) is 0 Å². The first-order chi connectivity index (χ1) is 8.56. The van der Waals surface area contributed by atoms with Gasteiger partial charge in [-0.25, -0.2) is 0 Å². The van der Waals surface area contributed by atoms with E-state index < -0.39 is 0 Å². The van der Waals surface area contributed by atoms with Crippen molar-refractivity contribution in [3.63, 3.8) is 0 Å². The summed E-state index contributed by atoms with van der Waals surface area (Å²) in [4.78, 5) is 0. The van der Waals surface area contributed by atoms with Gasteiger partial charge in [0.2, 0.25) is 0 Å². The van der Waals surface area contributed by atoms with Crippen molar-refractivity contribution < 1.29 is 4.74 Å². The van der Waals surface area contributed by atoms with E-state index in [1.54, 1.807) is 0 Å². The van der Waals surface area contributed by atoms with E-state index in [1.165, 1.54) is 11.1 Å². The number of benzene rings is 1. The highest BCUT2D eigenvalue weighted by atomic mass is 16.5. The lowest BCUT2D eigenvalue weighted by atomic mass is 9.93. The summed E-state index contributed by atoms with van der Waals surface area (Å²) in [5.41, 5.74) is 8.65. The molecule has 0 radical (unpaired) electrons.